The van der Waals surface area contributed by atoms with Gasteiger partial charge in [0.15, 0.2) is 0 Å². The van der Waals surface area contributed by atoms with Gasteiger partial charge in [0.25, 0.3) is 0 Å². The first kappa shape index (κ1) is 18.9. The van der Waals surface area contributed by atoms with E-state index in [1.807, 2.05) is 62.4 Å². The van der Waals surface area contributed by atoms with Crippen LogP contribution < -0.4 is 9.64 Å². The summed E-state index contributed by atoms with van der Waals surface area (Å²) in [5.41, 5.74) is 2.64. The van der Waals surface area contributed by atoms with Crippen LogP contribution in [-0.4, -0.2) is 45.5 Å². The Kier molecular flexibility index (Phi) is 5.75. The van der Waals surface area contributed by atoms with E-state index in [0.717, 1.165) is 16.9 Å². The molecule has 3 aromatic rings. The Hall–Kier alpha value is -2.87. The summed E-state index contributed by atoms with van der Waals surface area (Å²) in [6.07, 6.45) is 0. The Morgan fingerprint density at radius 1 is 1.22 bits per heavy atom. The Balaban J connectivity index is 1.83. The van der Waals surface area contributed by atoms with Gasteiger partial charge in [0.1, 0.15) is 11.4 Å². The van der Waals surface area contributed by atoms with Crippen LogP contribution in [0.2, 0.25) is 0 Å². The van der Waals surface area contributed by atoms with Gasteiger partial charge in [-0.15, -0.1) is 5.10 Å². The lowest BCUT2D eigenvalue weighted by atomic mass is 10.2. The molecule has 0 saturated carbocycles. The minimum absolute atomic E-state index is 0.0306. The summed E-state index contributed by atoms with van der Waals surface area (Å²) in [6.45, 7) is 3.83. The van der Waals surface area contributed by atoms with Gasteiger partial charge >= 0.3 is 0 Å². The predicted molar refractivity (Wildman–Crippen MR) is 106 cm³/mol. The fraction of sp³-hybridized carbons (Fsp3) is 0.263. The number of tetrazole rings is 1. The summed E-state index contributed by atoms with van der Waals surface area (Å²) >= 11 is 1.31. The van der Waals surface area contributed by atoms with Crippen molar-refractivity contribution in [3.05, 3.63) is 54.1 Å². The van der Waals surface area contributed by atoms with Gasteiger partial charge in [-0.1, -0.05) is 36.0 Å². The van der Waals surface area contributed by atoms with Gasteiger partial charge in [-0.2, -0.15) is 4.68 Å². The number of carbonyl (C=O) groups excluding carboxylic acids is 1. The number of carbonyl (C=O) groups is 1. The second-order valence-corrected chi connectivity index (χ2v) is 7.35. The number of rotatable bonds is 6. The van der Waals surface area contributed by atoms with Crippen molar-refractivity contribution < 1.29 is 9.53 Å². The Bertz CT molecular complexity index is 929. The minimum atomic E-state index is -0.365. The van der Waals surface area contributed by atoms with Crippen LogP contribution in [0.5, 0.6) is 5.75 Å². The SMILES string of the molecule is COc1ccc(C)cc1-n1nnnc1SC(C)C(=O)N(C)c1ccccc1. The minimum Gasteiger partial charge on any atom is -0.494 e. The second kappa shape index (κ2) is 8.22. The highest BCUT2D eigenvalue weighted by molar-refractivity contribution is 8.00. The first-order valence-electron chi connectivity index (χ1n) is 8.44. The molecule has 0 saturated heterocycles. The molecule has 0 aliphatic carbocycles. The van der Waals surface area contributed by atoms with E-state index in [2.05, 4.69) is 15.5 Å². The van der Waals surface area contributed by atoms with Gasteiger partial charge in [-0.3, -0.25) is 4.79 Å². The third kappa shape index (κ3) is 4.11. The number of hydrogen-bond donors (Lipinski definition) is 0. The fourth-order valence-electron chi connectivity index (χ4n) is 2.63. The summed E-state index contributed by atoms with van der Waals surface area (Å²) in [5.74, 6) is 0.632. The largest absolute Gasteiger partial charge is 0.494 e. The summed E-state index contributed by atoms with van der Waals surface area (Å²) < 4.78 is 7.03. The number of methoxy groups -OCH3 is 1. The number of anilines is 1. The molecule has 0 spiro atoms. The van der Waals surface area contributed by atoms with Crippen LogP contribution in [0.25, 0.3) is 5.69 Å². The number of aryl methyl sites for hydroxylation is 1. The Morgan fingerprint density at radius 2 is 1.96 bits per heavy atom. The summed E-state index contributed by atoms with van der Waals surface area (Å²) in [7, 11) is 3.37. The molecule has 0 bridgehead atoms. The molecule has 0 aliphatic heterocycles. The van der Waals surface area contributed by atoms with Crippen molar-refractivity contribution in [2.75, 3.05) is 19.1 Å². The Morgan fingerprint density at radius 3 is 2.67 bits per heavy atom. The second-order valence-electron chi connectivity index (χ2n) is 6.04. The van der Waals surface area contributed by atoms with Gasteiger partial charge in [0, 0.05) is 12.7 Å². The summed E-state index contributed by atoms with van der Waals surface area (Å²) in [6, 6.07) is 15.3. The first-order valence-corrected chi connectivity index (χ1v) is 9.32. The maximum atomic E-state index is 12.8. The quantitative estimate of drug-likeness (QED) is 0.609. The number of para-hydroxylation sites is 1. The monoisotopic (exact) mass is 383 g/mol. The molecular weight excluding hydrogens is 362 g/mol. The molecule has 1 atom stereocenters. The Labute approximate surface area is 162 Å². The number of hydrogen-bond acceptors (Lipinski definition) is 6. The molecule has 140 valence electrons. The van der Waals surface area contributed by atoms with Crippen LogP contribution in [0.15, 0.2) is 53.7 Å². The lowest BCUT2D eigenvalue weighted by molar-refractivity contribution is -0.117. The highest BCUT2D eigenvalue weighted by Gasteiger charge is 2.23. The van der Waals surface area contributed by atoms with E-state index in [9.17, 15) is 4.79 Å². The zero-order valence-electron chi connectivity index (χ0n) is 15.7. The molecule has 1 aromatic heterocycles. The van der Waals surface area contributed by atoms with E-state index in [0.29, 0.717) is 10.9 Å². The molecular formula is C19H21N5O2S. The van der Waals surface area contributed by atoms with E-state index >= 15 is 0 Å². The van der Waals surface area contributed by atoms with Crippen LogP contribution in [0.3, 0.4) is 0 Å². The van der Waals surface area contributed by atoms with Gasteiger partial charge in [0.05, 0.1) is 12.4 Å². The number of aromatic nitrogens is 4. The zero-order chi connectivity index (χ0) is 19.4. The molecule has 8 heteroatoms. The molecule has 7 nitrogen and oxygen atoms in total. The van der Waals surface area contributed by atoms with Crippen LogP contribution >= 0.6 is 11.8 Å². The molecule has 1 amide bonds. The van der Waals surface area contributed by atoms with Crippen LogP contribution in [0.1, 0.15) is 12.5 Å². The van der Waals surface area contributed by atoms with Gasteiger partial charge in [-0.05, 0) is 54.1 Å². The van der Waals surface area contributed by atoms with Crippen molar-refractivity contribution in [3.63, 3.8) is 0 Å². The van der Waals surface area contributed by atoms with Crippen molar-refractivity contribution in [1.29, 1.82) is 0 Å². The van der Waals surface area contributed by atoms with Crippen LogP contribution in [-0.2, 0) is 4.79 Å². The van der Waals surface area contributed by atoms with Gasteiger partial charge < -0.3 is 9.64 Å². The molecule has 27 heavy (non-hydrogen) atoms. The van der Waals surface area contributed by atoms with Gasteiger partial charge in [0.2, 0.25) is 11.1 Å². The number of amides is 1. The molecule has 0 N–H and O–H groups in total. The highest BCUT2D eigenvalue weighted by atomic mass is 32.2. The summed E-state index contributed by atoms with van der Waals surface area (Å²) in [5, 5.41) is 12.1. The number of benzene rings is 2. The lowest BCUT2D eigenvalue weighted by Gasteiger charge is -2.21. The maximum Gasteiger partial charge on any atom is 0.240 e. The average molecular weight is 383 g/mol. The van der Waals surface area contributed by atoms with Crippen LogP contribution in [0.4, 0.5) is 5.69 Å². The summed E-state index contributed by atoms with van der Waals surface area (Å²) in [4.78, 5) is 14.4. The predicted octanol–water partition coefficient (Wildman–Crippen LogP) is 3.12. The lowest BCUT2D eigenvalue weighted by Crippen LogP contribution is -2.33. The third-order valence-electron chi connectivity index (χ3n) is 4.11. The fourth-order valence-corrected chi connectivity index (χ4v) is 3.52. The van der Waals surface area contributed by atoms with Crippen molar-refractivity contribution in [2.24, 2.45) is 0 Å². The van der Waals surface area contributed by atoms with Crippen molar-refractivity contribution in [3.8, 4) is 11.4 Å². The molecule has 2 aromatic carbocycles. The van der Waals surface area contributed by atoms with E-state index in [1.165, 1.54) is 11.8 Å². The van der Waals surface area contributed by atoms with E-state index in [4.69, 9.17) is 4.74 Å². The molecule has 0 aliphatic rings. The average Bonchev–Trinajstić information content (AvgIpc) is 3.15. The topological polar surface area (TPSA) is 73.1 Å². The number of nitrogens with zero attached hydrogens (tertiary/aromatic N) is 5. The van der Waals surface area contributed by atoms with Crippen molar-refractivity contribution >= 4 is 23.4 Å². The number of ether oxygens (including phenoxy) is 1. The first-order chi connectivity index (χ1) is 13.0. The zero-order valence-corrected chi connectivity index (χ0v) is 16.5. The van der Waals surface area contributed by atoms with E-state index in [-0.39, 0.29) is 11.2 Å². The van der Waals surface area contributed by atoms with Crippen molar-refractivity contribution in [1.82, 2.24) is 20.2 Å². The molecule has 1 unspecified atom stereocenters. The van der Waals surface area contributed by atoms with Gasteiger partial charge in [-0.25, -0.2) is 0 Å². The standard InChI is InChI=1S/C19H21N5O2S/c1-13-10-11-17(26-4)16(12-13)24-19(20-21-22-24)27-14(2)18(25)23(3)15-8-6-5-7-9-15/h5-12,14H,1-4H3. The van der Waals surface area contributed by atoms with E-state index in [1.54, 1.807) is 23.7 Å². The van der Waals surface area contributed by atoms with Crippen LogP contribution in [0, 0.1) is 6.92 Å². The number of thioether (sulfide) groups is 1. The van der Waals surface area contributed by atoms with Crippen molar-refractivity contribution in [2.45, 2.75) is 24.3 Å². The smallest absolute Gasteiger partial charge is 0.240 e. The molecule has 1 heterocycles. The molecule has 3 rings (SSSR count). The normalized spacial score (nSPS) is 11.9. The maximum absolute atomic E-state index is 12.8. The van der Waals surface area contributed by atoms with E-state index < -0.39 is 0 Å². The third-order valence-corrected chi connectivity index (χ3v) is 5.13. The molecule has 0 radical (unpaired) electrons. The molecule has 0 fully saturated rings. The highest BCUT2D eigenvalue weighted by Crippen LogP contribution is 2.29.